The van der Waals surface area contributed by atoms with Crippen LogP contribution in [0.25, 0.3) is 54.5 Å². The van der Waals surface area contributed by atoms with Crippen LogP contribution >= 0.6 is 0 Å². The Bertz CT molecular complexity index is 2260. The van der Waals surface area contributed by atoms with Crippen molar-refractivity contribution in [2.75, 3.05) is 0 Å². The number of benzene rings is 4. The smallest absolute Gasteiger partial charge is 0.468 e. The first-order valence-electron chi connectivity index (χ1n) is 17.9. The standard InChI is InChI=1S/C30H21F2N2Si.C13H24O2.Ir/c1-17(2)13-18-7-8-19-9-10-21-22-11-12-33-29-25-15-20-5-3-4-6-26(20)34-30(25)35(31,32)27(28(22)29)16-24(21)23(19)14-18;1-5-10(6-2)12(14)9-13(15)11(7-3)8-4;/h3-12,14,16-17H,13H2,1-2H3;9-11,14H,5-8H2,1-4H3;/q-1;;/b;12-9-;. The van der Waals surface area contributed by atoms with Crippen LogP contribution in [0.2, 0.25) is 0 Å². The number of hydrogen-bond acceptors (Lipinski definition) is 4. The van der Waals surface area contributed by atoms with Crippen LogP contribution in [-0.2, 0) is 31.3 Å². The van der Waals surface area contributed by atoms with Crippen molar-refractivity contribution in [3.05, 3.63) is 96.4 Å². The molecule has 3 heterocycles. The number of carbonyl (C=O) groups is 1. The summed E-state index contributed by atoms with van der Waals surface area (Å²) in [5, 5.41) is 15.7. The molecule has 0 fully saturated rings. The third kappa shape index (κ3) is 7.28. The molecule has 8 heteroatoms. The van der Waals surface area contributed by atoms with Crippen LogP contribution in [0, 0.1) is 23.8 Å². The molecule has 51 heavy (non-hydrogen) atoms. The molecule has 0 saturated heterocycles. The number of ketones is 1. The largest absolute Gasteiger partial charge is 0.512 e. The van der Waals surface area contributed by atoms with Crippen LogP contribution in [0.15, 0.2) is 84.8 Å². The molecular formula is C43H45F2IrN2O2Si-. The minimum Gasteiger partial charge on any atom is -0.512 e. The molecule has 7 rings (SSSR count). The number of allylic oxidation sites excluding steroid dienone is 2. The van der Waals surface area contributed by atoms with Crippen LogP contribution < -0.4 is 10.5 Å². The predicted octanol–water partition coefficient (Wildman–Crippen LogP) is 10.4. The van der Waals surface area contributed by atoms with E-state index in [1.807, 2.05) is 52.0 Å². The summed E-state index contributed by atoms with van der Waals surface area (Å²) < 4.78 is 32.8. The number of aromatic nitrogens is 2. The van der Waals surface area contributed by atoms with E-state index in [4.69, 9.17) is 0 Å². The molecule has 267 valence electrons. The second kappa shape index (κ2) is 15.8. The molecule has 4 aromatic carbocycles. The van der Waals surface area contributed by atoms with Gasteiger partial charge in [0.25, 0.3) is 0 Å². The van der Waals surface area contributed by atoms with Crippen LogP contribution in [0.1, 0.15) is 72.8 Å². The predicted molar refractivity (Wildman–Crippen MR) is 206 cm³/mol. The van der Waals surface area contributed by atoms with Crippen molar-refractivity contribution in [2.24, 2.45) is 17.8 Å². The number of pyridine rings is 2. The Morgan fingerprint density at radius 2 is 1.55 bits per heavy atom. The minimum absolute atomic E-state index is 0. The molecule has 2 aromatic heterocycles. The van der Waals surface area contributed by atoms with E-state index in [0.29, 0.717) is 28.1 Å². The van der Waals surface area contributed by atoms with Crippen molar-refractivity contribution in [1.29, 1.82) is 0 Å². The molecule has 0 atom stereocenters. The van der Waals surface area contributed by atoms with Gasteiger partial charge in [-0.3, -0.25) is 18.0 Å². The number of halogens is 2. The monoisotopic (exact) mass is 880 g/mol. The van der Waals surface area contributed by atoms with Crippen molar-refractivity contribution in [3.8, 4) is 11.3 Å². The Hall–Kier alpha value is -3.84. The first-order valence-corrected chi connectivity index (χ1v) is 19.7. The van der Waals surface area contributed by atoms with Gasteiger partial charge in [0.15, 0.2) is 5.78 Å². The molecule has 0 bridgehead atoms. The van der Waals surface area contributed by atoms with Gasteiger partial charge in [0, 0.05) is 60.4 Å². The second-order valence-electron chi connectivity index (χ2n) is 13.9. The number of hydrogen-bond donors (Lipinski definition) is 1. The van der Waals surface area contributed by atoms with Crippen molar-refractivity contribution in [3.63, 3.8) is 0 Å². The van der Waals surface area contributed by atoms with Crippen molar-refractivity contribution in [1.82, 2.24) is 9.97 Å². The molecule has 1 aliphatic rings. The molecule has 4 nitrogen and oxygen atoms in total. The minimum atomic E-state index is -5.11. The van der Waals surface area contributed by atoms with Crippen molar-refractivity contribution in [2.45, 2.75) is 73.6 Å². The summed E-state index contributed by atoms with van der Waals surface area (Å²) in [6.07, 6.45) is 7.58. The topological polar surface area (TPSA) is 63.1 Å². The van der Waals surface area contributed by atoms with E-state index in [1.54, 1.807) is 18.3 Å². The molecule has 0 saturated carbocycles. The van der Waals surface area contributed by atoms with Crippen molar-refractivity contribution >= 4 is 68.2 Å². The summed E-state index contributed by atoms with van der Waals surface area (Å²) >= 11 is 0. The van der Waals surface area contributed by atoms with E-state index in [2.05, 4.69) is 60.2 Å². The van der Waals surface area contributed by atoms with Gasteiger partial charge >= 0.3 is 8.74 Å². The van der Waals surface area contributed by atoms with Crippen LogP contribution in [0.5, 0.6) is 0 Å². The molecule has 6 aromatic rings. The summed E-state index contributed by atoms with van der Waals surface area (Å²) in [5.41, 5.74) is 2.66. The van der Waals surface area contributed by atoms with Crippen molar-refractivity contribution < 1.29 is 38.2 Å². The van der Waals surface area contributed by atoms with Gasteiger partial charge in [-0.2, -0.15) is 0 Å². The maximum absolute atomic E-state index is 16.4. The zero-order chi connectivity index (χ0) is 35.7. The second-order valence-corrected chi connectivity index (χ2v) is 16.0. The third-order valence-electron chi connectivity index (χ3n) is 10.2. The molecule has 0 amide bonds. The van der Waals surface area contributed by atoms with E-state index in [0.717, 1.165) is 64.4 Å². The van der Waals surface area contributed by atoms with Crippen LogP contribution in [0.4, 0.5) is 8.22 Å². The van der Waals surface area contributed by atoms with E-state index < -0.39 is 8.74 Å². The molecule has 1 radical (unpaired) electrons. The fraction of sp³-hybridized carbons (Fsp3) is 0.326. The Balaban J connectivity index is 0.000000271. The van der Waals surface area contributed by atoms with Gasteiger partial charge in [-0.25, -0.2) is 0 Å². The van der Waals surface area contributed by atoms with Gasteiger partial charge in [0.05, 0.1) is 5.76 Å². The summed E-state index contributed by atoms with van der Waals surface area (Å²) in [4.78, 5) is 20.8. The van der Waals surface area contributed by atoms with Gasteiger partial charge in [-0.15, -0.1) is 12.1 Å². The van der Waals surface area contributed by atoms with E-state index >= 15 is 8.22 Å². The number of fused-ring (bicyclic) bond motifs is 7. The molecule has 0 spiro atoms. The Kier molecular flexibility index (Phi) is 11.9. The first-order chi connectivity index (χ1) is 24.0. The van der Waals surface area contributed by atoms with Gasteiger partial charge < -0.3 is 10.1 Å². The fourth-order valence-electron chi connectivity index (χ4n) is 7.34. The zero-order valence-corrected chi connectivity index (χ0v) is 33.5. The number of para-hydroxylation sites is 1. The third-order valence-corrected chi connectivity index (χ3v) is 12.2. The number of aliphatic hydroxyl groups is 1. The summed E-state index contributed by atoms with van der Waals surface area (Å²) in [6.45, 7) is 12.5. The van der Waals surface area contributed by atoms with Gasteiger partial charge in [0.1, 0.15) is 0 Å². The number of rotatable bonds is 9. The molecule has 1 aliphatic heterocycles. The first kappa shape index (κ1) is 38.4. The summed E-state index contributed by atoms with van der Waals surface area (Å²) in [7, 11) is -5.11. The molecule has 0 unspecified atom stereocenters. The fourth-order valence-corrected chi connectivity index (χ4v) is 9.25. The normalized spacial score (nSPS) is 13.5. The maximum atomic E-state index is 16.4. The molecule has 0 aliphatic carbocycles. The van der Waals surface area contributed by atoms with Gasteiger partial charge in [0.2, 0.25) is 0 Å². The number of nitrogens with zero attached hydrogens (tertiary/aromatic N) is 2. The summed E-state index contributed by atoms with van der Waals surface area (Å²) in [5.74, 6) is 1.06. The number of carbonyl (C=O) groups excluding carboxylic acids is 1. The van der Waals surface area contributed by atoms with E-state index in [-0.39, 0.29) is 54.0 Å². The average Bonchev–Trinajstić information content (AvgIpc) is 3.10. The SMILES string of the molecule is CC(C)Cc1ccc2ccc3c4ccnc5c4c(cc3c2c1)[Si](F)(F)c1nc2ccccc2[c-]c1-5.CCC(CC)C(=O)/C=C(\O)C(CC)CC.[Ir]. The average molecular weight is 880 g/mol. The zero-order valence-electron chi connectivity index (χ0n) is 30.1. The van der Waals surface area contributed by atoms with E-state index in [9.17, 15) is 9.90 Å². The Morgan fingerprint density at radius 3 is 2.24 bits per heavy atom. The van der Waals surface area contributed by atoms with Gasteiger partial charge in [-0.1, -0.05) is 101 Å². The van der Waals surface area contributed by atoms with Gasteiger partial charge in [-0.05, 0) is 93.6 Å². The number of aliphatic hydroxyl groups excluding tert-OH is 1. The molecular weight excluding hydrogens is 835 g/mol. The quantitative estimate of drug-likeness (QED) is 0.0393. The van der Waals surface area contributed by atoms with Crippen LogP contribution in [-0.4, -0.2) is 29.6 Å². The Morgan fingerprint density at radius 1 is 0.863 bits per heavy atom. The molecule has 1 N–H and O–H groups in total. The summed E-state index contributed by atoms with van der Waals surface area (Å²) in [6, 6.07) is 24.7. The van der Waals surface area contributed by atoms with Crippen LogP contribution in [0.3, 0.4) is 0 Å². The van der Waals surface area contributed by atoms with E-state index in [1.165, 1.54) is 11.6 Å². The Labute approximate surface area is 314 Å². The maximum Gasteiger partial charge on any atom is 0.468 e.